The number of unbranched alkanes of at least 4 members (excludes halogenated alkanes) is 1. The summed E-state index contributed by atoms with van der Waals surface area (Å²) >= 11 is 6.26. The van der Waals surface area contributed by atoms with E-state index < -0.39 is 0 Å². The molecular formula is C25H36ClFO. The van der Waals surface area contributed by atoms with Crippen LogP contribution in [-0.4, -0.2) is 6.61 Å². The predicted octanol–water partition coefficient (Wildman–Crippen LogP) is 8.45. The van der Waals surface area contributed by atoms with Gasteiger partial charge in [-0.05, 0) is 74.0 Å². The summed E-state index contributed by atoms with van der Waals surface area (Å²) in [6.45, 7) is 4.99. The quantitative estimate of drug-likeness (QED) is 0.393. The van der Waals surface area contributed by atoms with Gasteiger partial charge in [0.05, 0.1) is 6.61 Å². The van der Waals surface area contributed by atoms with Crippen LogP contribution in [0.25, 0.3) is 5.57 Å². The van der Waals surface area contributed by atoms with E-state index in [0.29, 0.717) is 17.9 Å². The molecule has 1 unspecified atom stereocenters. The topological polar surface area (TPSA) is 9.23 Å². The van der Waals surface area contributed by atoms with Crippen LogP contribution in [0.15, 0.2) is 18.2 Å². The lowest BCUT2D eigenvalue weighted by Crippen LogP contribution is -2.23. The van der Waals surface area contributed by atoms with E-state index in [0.717, 1.165) is 49.0 Å². The first kappa shape index (κ1) is 21.7. The first-order valence-electron chi connectivity index (χ1n) is 11.4. The summed E-state index contributed by atoms with van der Waals surface area (Å²) in [7, 11) is 0. The number of ether oxygens (including phenoxy) is 1. The van der Waals surface area contributed by atoms with Crippen LogP contribution < -0.4 is 4.74 Å². The summed E-state index contributed by atoms with van der Waals surface area (Å²) in [5.74, 6) is 2.76. The van der Waals surface area contributed by atoms with Crippen molar-refractivity contribution in [2.75, 3.05) is 6.61 Å². The van der Waals surface area contributed by atoms with Crippen LogP contribution in [0.4, 0.5) is 4.39 Å². The second kappa shape index (κ2) is 10.7. The van der Waals surface area contributed by atoms with Crippen molar-refractivity contribution in [1.29, 1.82) is 0 Å². The van der Waals surface area contributed by atoms with Gasteiger partial charge in [-0.15, -0.1) is 0 Å². The van der Waals surface area contributed by atoms with Crippen molar-refractivity contribution in [1.82, 2.24) is 0 Å². The molecule has 1 saturated carbocycles. The van der Waals surface area contributed by atoms with Crippen LogP contribution in [0.3, 0.4) is 0 Å². The molecule has 0 saturated heterocycles. The van der Waals surface area contributed by atoms with Crippen LogP contribution in [0.1, 0.15) is 90.0 Å². The van der Waals surface area contributed by atoms with Crippen molar-refractivity contribution < 1.29 is 9.13 Å². The predicted molar refractivity (Wildman–Crippen MR) is 117 cm³/mol. The Bertz CT molecular complexity index is 661. The highest BCUT2D eigenvalue weighted by molar-refractivity contribution is 6.32. The highest BCUT2D eigenvalue weighted by atomic mass is 35.5. The van der Waals surface area contributed by atoms with E-state index in [2.05, 4.69) is 19.9 Å². The van der Waals surface area contributed by atoms with Gasteiger partial charge in [0.1, 0.15) is 10.8 Å². The molecule has 1 nitrogen and oxygen atoms in total. The van der Waals surface area contributed by atoms with E-state index in [1.165, 1.54) is 44.9 Å². The lowest BCUT2D eigenvalue weighted by Gasteiger charge is -2.35. The lowest BCUT2D eigenvalue weighted by molar-refractivity contribution is 0.189. The number of halogens is 2. The van der Waals surface area contributed by atoms with Gasteiger partial charge in [-0.3, -0.25) is 0 Å². The first-order valence-corrected chi connectivity index (χ1v) is 11.8. The van der Waals surface area contributed by atoms with Crippen molar-refractivity contribution in [3.8, 4) is 5.75 Å². The van der Waals surface area contributed by atoms with Gasteiger partial charge in [0, 0.05) is 5.56 Å². The first-order chi connectivity index (χ1) is 13.6. The molecule has 28 heavy (non-hydrogen) atoms. The zero-order valence-electron chi connectivity index (χ0n) is 17.6. The molecule has 0 radical (unpaired) electrons. The number of hydrogen-bond donors (Lipinski definition) is 0. The molecule has 2 aliphatic rings. The van der Waals surface area contributed by atoms with Gasteiger partial charge in [0.15, 0.2) is 5.82 Å². The summed E-state index contributed by atoms with van der Waals surface area (Å²) in [5.41, 5.74) is 1.79. The highest BCUT2D eigenvalue weighted by Crippen LogP contribution is 2.43. The molecule has 1 aromatic carbocycles. The molecule has 3 rings (SSSR count). The third-order valence-electron chi connectivity index (χ3n) is 6.85. The zero-order chi connectivity index (χ0) is 19.9. The van der Waals surface area contributed by atoms with Gasteiger partial charge in [0.25, 0.3) is 0 Å². The fraction of sp³-hybridized carbons (Fsp3) is 0.680. The van der Waals surface area contributed by atoms with Crippen molar-refractivity contribution in [2.24, 2.45) is 17.8 Å². The number of hydrogen-bond acceptors (Lipinski definition) is 1. The average molecular weight is 407 g/mol. The summed E-state index contributed by atoms with van der Waals surface area (Å²) in [5, 5.41) is 0.130. The Morgan fingerprint density at radius 2 is 1.82 bits per heavy atom. The van der Waals surface area contributed by atoms with Crippen molar-refractivity contribution in [3.05, 3.63) is 34.6 Å². The van der Waals surface area contributed by atoms with E-state index in [-0.39, 0.29) is 10.8 Å². The largest absolute Gasteiger partial charge is 0.492 e. The van der Waals surface area contributed by atoms with Crippen LogP contribution in [-0.2, 0) is 0 Å². The highest BCUT2D eigenvalue weighted by Gasteiger charge is 2.29. The molecule has 2 aliphatic carbocycles. The third-order valence-corrected chi connectivity index (χ3v) is 7.21. The molecule has 3 heteroatoms. The Morgan fingerprint density at radius 3 is 2.46 bits per heavy atom. The Morgan fingerprint density at radius 1 is 1.04 bits per heavy atom. The van der Waals surface area contributed by atoms with Gasteiger partial charge in [-0.25, -0.2) is 4.39 Å². The fourth-order valence-corrected chi connectivity index (χ4v) is 5.32. The molecule has 0 amide bonds. The molecule has 1 atom stereocenters. The smallest absolute Gasteiger partial charge is 0.153 e. The summed E-state index contributed by atoms with van der Waals surface area (Å²) in [6, 6.07) is 3.68. The number of benzene rings is 1. The standard InChI is InChI=1S/C25H36ClFO/c1-3-5-17-28-23-16-15-22(25(27)24(23)26)21-13-11-20(12-14-21)19-9-7-18(6-4-2)8-10-19/h13,15-16,18-20H,3-12,14,17H2,1-2H3. The molecular weight excluding hydrogens is 371 g/mol. The zero-order valence-corrected chi connectivity index (χ0v) is 18.4. The van der Waals surface area contributed by atoms with E-state index in [1.807, 2.05) is 12.1 Å². The van der Waals surface area contributed by atoms with E-state index in [4.69, 9.17) is 16.3 Å². The van der Waals surface area contributed by atoms with Gasteiger partial charge >= 0.3 is 0 Å². The Labute approximate surface area is 175 Å². The Hall–Kier alpha value is -1.02. The molecule has 1 aromatic rings. The van der Waals surface area contributed by atoms with E-state index in [9.17, 15) is 4.39 Å². The second-order valence-corrected chi connectivity index (χ2v) is 9.15. The fourth-order valence-electron chi connectivity index (χ4n) is 5.10. The molecule has 0 bridgehead atoms. The monoisotopic (exact) mass is 406 g/mol. The van der Waals surface area contributed by atoms with Gasteiger partial charge < -0.3 is 4.74 Å². The van der Waals surface area contributed by atoms with Gasteiger partial charge in [-0.2, -0.15) is 0 Å². The van der Waals surface area contributed by atoms with Gasteiger partial charge in [-0.1, -0.05) is 63.6 Å². The van der Waals surface area contributed by atoms with Crippen molar-refractivity contribution in [2.45, 2.75) is 84.5 Å². The Balaban J connectivity index is 1.59. The molecule has 0 spiro atoms. The third kappa shape index (κ3) is 5.32. The maximum absolute atomic E-state index is 14.9. The molecule has 0 aromatic heterocycles. The SMILES string of the molecule is CCCCOc1ccc(C2=CCC(C3CCC(CCC)CC3)CC2)c(F)c1Cl. The second-order valence-electron chi connectivity index (χ2n) is 8.77. The van der Waals surface area contributed by atoms with Crippen LogP contribution in [0.5, 0.6) is 5.75 Å². The molecule has 0 aliphatic heterocycles. The molecule has 0 heterocycles. The van der Waals surface area contributed by atoms with Crippen LogP contribution in [0.2, 0.25) is 5.02 Å². The summed E-state index contributed by atoms with van der Waals surface area (Å²) < 4.78 is 20.5. The summed E-state index contributed by atoms with van der Waals surface area (Å²) in [6.07, 6.45) is 15.8. The maximum atomic E-state index is 14.9. The Kier molecular flexibility index (Phi) is 8.26. The van der Waals surface area contributed by atoms with Crippen LogP contribution >= 0.6 is 11.6 Å². The van der Waals surface area contributed by atoms with Gasteiger partial charge in [0.2, 0.25) is 0 Å². The number of allylic oxidation sites excluding steroid dienone is 2. The van der Waals surface area contributed by atoms with E-state index >= 15 is 0 Å². The maximum Gasteiger partial charge on any atom is 0.153 e. The minimum atomic E-state index is -0.319. The van der Waals surface area contributed by atoms with Crippen molar-refractivity contribution >= 4 is 17.2 Å². The lowest BCUT2D eigenvalue weighted by atomic mass is 9.70. The number of rotatable bonds is 8. The minimum Gasteiger partial charge on any atom is -0.492 e. The normalized spacial score (nSPS) is 25.4. The minimum absolute atomic E-state index is 0.130. The van der Waals surface area contributed by atoms with Crippen molar-refractivity contribution in [3.63, 3.8) is 0 Å². The van der Waals surface area contributed by atoms with Crippen LogP contribution in [0, 0.1) is 23.6 Å². The molecule has 156 valence electrons. The average Bonchev–Trinajstić information content (AvgIpc) is 2.72. The van der Waals surface area contributed by atoms with E-state index in [1.54, 1.807) is 0 Å². The summed E-state index contributed by atoms with van der Waals surface area (Å²) in [4.78, 5) is 0. The molecule has 0 N–H and O–H groups in total. The molecule has 1 fully saturated rings.